The molecule has 0 saturated carbocycles. The van der Waals surface area contributed by atoms with E-state index in [0.29, 0.717) is 0 Å². The van der Waals surface area contributed by atoms with Crippen LogP contribution in [0, 0.1) is 0 Å². The van der Waals surface area contributed by atoms with Crippen LogP contribution >= 0.6 is 0 Å². The maximum absolute atomic E-state index is 12.4. The Kier molecular flexibility index (Phi) is 4.56. The molecule has 0 unspecified atom stereocenters. The van der Waals surface area contributed by atoms with Gasteiger partial charge in [0.15, 0.2) is 0 Å². The second kappa shape index (κ2) is 6.38. The number of carbonyl (C=O) groups excluding carboxylic acids is 1. The third kappa shape index (κ3) is 3.00. The minimum absolute atomic E-state index is 0.135. The molecule has 0 radical (unpaired) electrons. The molecule has 4 nitrogen and oxygen atoms in total. The lowest BCUT2D eigenvalue weighted by atomic mass is 10.1. The zero-order valence-corrected chi connectivity index (χ0v) is 11.0. The van der Waals surface area contributed by atoms with Gasteiger partial charge in [0.1, 0.15) is 0 Å². The van der Waals surface area contributed by atoms with Crippen molar-refractivity contribution in [3.8, 4) is 0 Å². The van der Waals surface area contributed by atoms with Gasteiger partial charge in [0.05, 0.1) is 17.4 Å². The first-order valence-electron chi connectivity index (χ1n) is 6.80. The van der Waals surface area contributed by atoms with E-state index in [0.717, 1.165) is 50.1 Å². The summed E-state index contributed by atoms with van der Waals surface area (Å²) in [6.07, 6.45) is 7.94. The number of likely N-dealkylation sites (tertiary alicyclic amines) is 1. The number of aromatic nitrogens is 1. The molecule has 1 aliphatic rings. The van der Waals surface area contributed by atoms with Gasteiger partial charge in [0, 0.05) is 25.8 Å². The molecule has 1 N–H and O–H groups in total. The van der Waals surface area contributed by atoms with Crippen LogP contribution in [0.25, 0.3) is 0 Å². The summed E-state index contributed by atoms with van der Waals surface area (Å²) in [7, 11) is 0. The van der Waals surface area contributed by atoms with Crippen LogP contribution in [-0.4, -0.2) is 35.4 Å². The standard InChI is InChI=1S/C14H21N3O/c1-2-7-16-13-11-15-8-6-12(13)14(18)17-9-4-3-5-10-17/h6,8,11,16H,2-5,7,9-10H2,1H3. The van der Waals surface area contributed by atoms with Gasteiger partial charge < -0.3 is 10.2 Å². The molecule has 0 atom stereocenters. The normalized spacial score (nSPS) is 15.5. The largest absolute Gasteiger partial charge is 0.383 e. The molecule has 1 fully saturated rings. The molecular weight excluding hydrogens is 226 g/mol. The van der Waals surface area contributed by atoms with Crippen molar-refractivity contribution in [2.75, 3.05) is 25.0 Å². The molecule has 1 saturated heterocycles. The Labute approximate surface area is 108 Å². The SMILES string of the molecule is CCCNc1cnccc1C(=O)N1CCCCC1. The average Bonchev–Trinajstić information content (AvgIpc) is 2.45. The number of carbonyl (C=O) groups is 1. The number of nitrogens with one attached hydrogen (secondary N) is 1. The molecule has 2 heterocycles. The smallest absolute Gasteiger partial charge is 0.256 e. The quantitative estimate of drug-likeness (QED) is 0.889. The van der Waals surface area contributed by atoms with Crippen LogP contribution in [0.15, 0.2) is 18.5 Å². The van der Waals surface area contributed by atoms with Gasteiger partial charge in [-0.05, 0) is 31.7 Å². The Balaban J connectivity index is 2.12. The second-order valence-electron chi connectivity index (χ2n) is 4.70. The molecule has 4 heteroatoms. The summed E-state index contributed by atoms with van der Waals surface area (Å²) in [5.74, 6) is 0.135. The summed E-state index contributed by atoms with van der Waals surface area (Å²) in [5.41, 5.74) is 1.61. The summed E-state index contributed by atoms with van der Waals surface area (Å²) in [6.45, 7) is 4.74. The lowest BCUT2D eigenvalue weighted by Crippen LogP contribution is -2.36. The molecule has 1 aliphatic heterocycles. The molecular formula is C14H21N3O. The number of hydrogen-bond donors (Lipinski definition) is 1. The lowest BCUT2D eigenvalue weighted by molar-refractivity contribution is 0.0725. The van der Waals surface area contributed by atoms with Crippen LogP contribution in [0.5, 0.6) is 0 Å². The van der Waals surface area contributed by atoms with Crippen LogP contribution in [0.3, 0.4) is 0 Å². The summed E-state index contributed by atoms with van der Waals surface area (Å²) in [5, 5.41) is 3.27. The molecule has 0 aromatic carbocycles. The number of anilines is 1. The first kappa shape index (κ1) is 12.9. The van der Waals surface area contributed by atoms with Crippen LogP contribution in [0.4, 0.5) is 5.69 Å². The predicted molar refractivity (Wildman–Crippen MR) is 72.8 cm³/mol. The molecule has 0 bridgehead atoms. The molecule has 2 rings (SSSR count). The minimum atomic E-state index is 0.135. The van der Waals surface area contributed by atoms with Crippen LogP contribution in [0.2, 0.25) is 0 Å². The topological polar surface area (TPSA) is 45.2 Å². The molecule has 1 aromatic heterocycles. The summed E-state index contributed by atoms with van der Waals surface area (Å²) in [6, 6.07) is 1.81. The maximum atomic E-state index is 12.4. The van der Waals surface area contributed by atoms with E-state index in [2.05, 4.69) is 17.2 Å². The van der Waals surface area contributed by atoms with E-state index in [1.165, 1.54) is 6.42 Å². The molecule has 1 aromatic rings. The van der Waals surface area contributed by atoms with E-state index >= 15 is 0 Å². The summed E-state index contributed by atoms with van der Waals surface area (Å²) < 4.78 is 0. The monoisotopic (exact) mass is 247 g/mol. The third-order valence-corrected chi connectivity index (χ3v) is 3.26. The van der Waals surface area contributed by atoms with Gasteiger partial charge in [-0.1, -0.05) is 6.92 Å². The number of rotatable bonds is 4. The summed E-state index contributed by atoms with van der Waals surface area (Å²) >= 11 is 0. The Hall–Kier alpha value is -1.58. The zero-order valence-electron chi connectivity index (χ0n) is 11.0. The van der Waals surface area contributed by atoms with Crippen molar-refractivity contribution in [2.45, 2.75) is 32.6 Å². The van der Waals surface area contributed by atoms with Crippen molar-refractivity contribution in [3.05, 3.63) is 24.0 Å². The zero-order chi connectivity index (χ0) is 12.8. The van der Waals surface area contributed by atoms with E-state index < -0.39 is 0 Å². The van der Waals surface area contributed by atoms with Gasteiger partial charge in [-0.2, -0.15) is 0 Å². The highest BCUT2D eigenvalue weighted by atomic mass is 16.2. The number of piperidine rings is 1. The number of nitrogens with zero attached hydrogens (tertiary/aromatic N) is 2. The van der Waals surface area contributed by atoms with Gasteiger partial charge >= 0.3 is 0 Å². The van der Waals surface area contributed by atoms with Crippen LogP contribution < -0.4 is 5.32 Å². The van der Waals surface area contributed by atoms with Crippen molar-refractivity contribution >= 4 is 11.6 Å². The first-order chi connectivity index (χ1) is 8.83. The highest BCUT2D eigenvalue weighted by Crippen LogP contribution is 2.18. The molecule has 0 aliphatic carbocycles. The van der Waals surface area contributed by atoms with Gasteiger partial charge in [-0.25, -0.2) is 0 Å². The fraction of sp³-hybridized carbons (Fsp3) is 0.571. The molecule has 18 heavy (non-hydrogen) atoms. The Morgan fingerprint density at radius 2 is 2.17 bits per heavy atom. The Morgan fingerprint density at radius 1 is 1.39 bits per heavy atom. The highest BCUT2D eigenvalue weighted by Gasteiger charge is 2.20. The molecule has 0 spiro atoms. The number of amides is 1. The Bertz CT molecular complexity index is 400. The van der Waals surface area contributed by atoms with Crippen molar-refractivity contribution in [2.24, 2.45) is 0 Å². The molecule has 98 valence electrons. The minimum Gasteiger partial charge on any atom is -0.383 e. The van der Waals surface area contributed by atoms with Crippen LogP contribution in [-0.2, 0) is 0 Å². The van der Waals surface area contributed by atoms with E-state index in [1.807, 2.05) is 11.0 Å². The van der Waals surface area contributed by atoms with Crippen LogP contribution in [0.1, 0.15) is 43.0 Å². The van der Waals surface area contributed by atoms with E-state index in [4.69, 9.17) is 0 Å². The summed E-state index contributed by atoms with van der Waals surface area (Å²) in [4.78, 5) is 18.5. The van der Waals surface area contributed by atoms with Gasteiger partial charge in [-0.3, -0.25) is 9.78 Å². The van der Waals surface area contributed by atoms with Gasteiger partial charge in [0.25, 0.3) is 5.91 Å². The third-order valence-electron chi connectivity index (χ3n) is 3.26. The van der Waals surface area contributed by atoms with E-state index in [1.54, 1.807) is 12.4 Å². The Morgan fingerprint density at radius 3 is 2.89 bits per heavy atom. The lowest BCUT2D eigenvalue weighted by Gasteiger charge is -2.27. The number of hydrogen-bond acceptors (Lipinski definition) is 3. The second-order valence-corrected chi connectivity index (χ2v) is 4.70. The van der Waals surface area contributed by atoms with Gasteiger partial charge in [-0.15, -0.1) is 0 Å². The maximum Gasteiger partial charge on any atom is 0.256 e. The fourth-order valence-corrected chi connectivity index (χ4v) is 2.25. The van der Waals surface area contributed by atoms with Crippen molar-refractivity contribution in [3.63, 3.8) is 0 Å². The number of pyridine rings is 1. The van der Waals surface area contributed by atoms with E-state index in [-0.39, 0.29) is 5.91 Å². The first-order valence-corrected chi connectivity index (χ1v) is 6.80. The average molecular weight is 247 g/mol. The van der Waals surface area contributed by atoms with Crippen molar-refractivity contribution in [1.82, 2.24) is 9.88 Å². The highest BCUT2D eigenvalue weighted by molar-refractivity contribution is 5.99. The fourth-order valence-electron chi connectivity index (χ4n) is 2.25. The van der Waals surface area contributed by atoms with E-state index in [9.17, 15) is 4.79 Å². The van der Waals surface area contributed by atoms with Crippen molar-refractivity contribution in [1.29, 1.82) is 0 Å². The van der Waals surface area contributed by atoms with Crippen molar-refractivity contribution < 1.29 is 4.79 Å². The predicted octanol–water partition coefficient (Wildman–Crippen LogP) is 2.53. The molecule has 1 amide bonds. The van der Waals surface area contributed by atoms with Gasteiger partial charge in [0.2, 0.25) is 0 Å².